The van der Waals surface area contributed by atoms with Crippen LogP contribution >= 0.6 is 0 Å². The van der Waals surface area contributed by atoms with Gasteiger partial charge in [0.1, 0.15) is 0 Å². The summed E-state index contributed by atoms with van der Waals surface area (Å²) in [6, 6.07) is 14.4. The molecular formula is C20H19NO3. The molecule has 2 N–H and O–H groups in total. The molecule has 0 aliphatic heterocycles. The lowest BCUT2D eigenvalue weighted by Crippen LogP contribution is -2.21. The molecule has 24 heavy (non-hydrogen) atoms. The summed E-state index contributed by atoms with van der Waals surface area (Å²) in [7, 11) is 0. The Morgan fingerprint density at radius 1 is 0.958 bits per heavy atom. The number of amides is 1. The lowest BCUT2D eigenvalue weighted by molar-refractivity contribution is -0.141. The van der Waals surface area contributed by atoms with Crippen molar-refractivity contribution in [2.75, 3.05) is 5.32 Å². The summed E-state index contributed by atoms with van der Waals surface area (Å²) in [5, 5.41) is 12.0. The highest BCUT2D eigenvalue weighted by Gasteiger charge is 2.33. The Kier molecular flexibility index (Phi) is 3.60. The molecule has 0 heterocycles. The Morgan fingerprint density at radius 3 is 2.50 bits per heavy atom. The van der Waals surface area contributed by atoms with Crippen molar-refractivity contribution < 1.29 is 14.7 Å². The Morgan fingerprint density at radius 2 is 1.71 bits per heavy atom. The third-order valence-electron chi connectivity index (χ3n) is 5.21. The summed E-state index contributed by atoms with van der Waals surface area (Å²) in [6.07, 6.45) is 2.57. The Hall–Kier alpha value is -2.62. The number of rotatable bonds is 3. The van der Waals surface area contributed by atoms with Crippen LogP contribution in [0.2, 0.25) is 0 Å². The van der Waals surface area contributed by atoms with Gasteiger partial charge in [0, 0.05) is 11.6 Å². The molecule has 0 aromatic heterocycles. The highest BCUT2D eigenvalue weighted by Crippen LogP contribution is 2.38. The lowest BCUT2D eigenvalue weighted by atomic mass is 10.0. The van der Waals surface area contributed by atoms with Gasteiger partial charge in [0.2, 0.25) is 5.91 Å². The molecule has 0 spiro atoms. The van der Waals surface area contributed by atoms with E-state index in [0.717, 1.165) is 12.1 Å². The lowest BCUT2D eigenvalue weighted by Gasteiger charge is -2.12. The van der Waals surface area contributed by atoms with Gasteiger partial charge in [-0.15, -0.1) is 0 Å². The number of nitrogens with one attached hydrogen (secondary N) is 1. The van der Waals surface area contributed by atoms with Crippen molar-refractivity contribution in [3.05, 3.63) is 53.6 Å². The molecule has 1 amide bonds. The maximum atomic E-state index is 12.4. The minimum absolute atomic E-state index is 0.0609. The standard InChI is InChI=1S/C20H19NO3/c22-19(13-5-6-14(10-13)20(23)24)21-16-7-8-18-15(11-16)9-12-3-1-2-4-17(12)18/h1-4,7-8,11,13-14H,5-6,9-10H2,(H,21,22)(H,23,24)/t13-,14+/m0/s1. The molecule has 4 nitrogen and oxygen atoms in total. The van der Waals surface area contributed by atoms with Crippen LogP contribution in [0.3, 0.4) is 0 Å². The number of carboxylic acid groups (broad SMARTS) is 1. The number of carboxylic acids is 1. The van der Waals surface area contributed by atoms with Gasteiger partial charge in [0.05, 0.1) is 5.92 Å². The van der Waals surface area contributed by atoms with Crippen molar-refractivity contribution in [2.24, 2.45) is 11.8 Å². The highest BCUT2D eigenvalue weighted by molar-refractivity contribution is 5.94. The van der Waals surface area contributed by atoms with Gasteiger partial charge < -0.3 is 10.4 Å². The topological polar surface area (TPSA) is 66.4 Å². The van der Waals surface area contributed by atoms with Crippen LogP contribution in [0.5, 0.6) is 0 Å². The number of carbonyl (C=O) groups is 2. The van der Waals surface area contributed by atoms with E-state index in [1.807, 2.05) is 24.3 Å². The fraction of sp³-hybridized carbons (Fsp3) is 0.300. The zero-order valence-corrected chi connectivity index (χ0v) is 13.3. The molecule has 2 aliphatic rings. The van der Waals surface area contributed by atoms with Crippen LogP contribution in [0.15, 0.2) is 42.5 Å². The first-order valence-electron chi connectivity index (χ1n) is 8.36. The second-order valence-electron chi connectivity index (χ2n) is 6.74. The molecule has 2 aromatic rings. The highest BCUT2D eigenvalue weighted by atomic mass is 16.4. The van der Waals surface area contributed by atoms with E-state index in [1.54, 1.807) is 0 Å². The molecule has 2 atom stereocenters. The number of fused-ring (bicyclic) bond motifs is 3. The number of benzene rings is 2. The molecule has 0 saturated heterocycles. The fourth-order valence-corrected chi connectivity index (χ4v) is 3.91. The largest absolute Gasteiger partial charge is 0.481 e. The van der Waals surface area contributed by atoms with Crippen molar-refractivity contribution in [3.8, 4) is 11.1 Å². The Labute approximate surface area is 140 Å². The third-order valence-corrected chi connectivity index (χ3v) is 5.21. The predicted octanol–water partition coefficient (Wildman–Crippen LogP) is 3.70. The van der Waals surface area contributed by atoms with Gasteiger partial charge in [0.25, 0.3) is 0 Å². The van der Waals surface area contributed by atoms with E-state index < -0.39 is 5.97 Å². The zero-order valence-electron chi connectivity index (χ0n) is 13.3. The SMILES string of the molecule is O=C(O)[C@@H]1CC[C@H](C(=O)Nc2ccc3c(c2)Cc2ccccc2-3)C1. The Bertz CT molecular complexity index is 827. The van der Waals surface area contributed by atoms with Gasteiger partial charge in [-0.1, -0.05) is 30.3 Å². The van der Waals surface area contributed by atoms with E-state index in [-0.39, 0.29) is 17.7 Å². The van der Waals surface area contributed by atoms with Gasteiger partial charge in [-0.05, 0) is 60.1 Å². The van der Waals surface area contributed by atoms with Crippen LogP contribution in [0.1, 0.15) is 30.4 Å². The van der Waals surface area contributed by atoms with Gasteiger partial charge >= 0.3 is 5.97 Å². The van der Waals surface area contributed by atoms with Crippen LogP contribution in [0.25, 0.3) is 11.1 Å². The van der Waals surface area contributed by atoms with Crippen LogP contribution < -0.4 is 5.32 Å². The summed E-state index contributed by atoms with van der Waals surface area (Å²) >= 11 is 0. The normalized spacial score (nSPS) is 21.2. The number of aliphatic carboxylic acids is 1. The average molecular weight is 321 g/mol. The minimum atomic E-state index is -0.791. The summed E-state index contributed by atoms with van der Waals surface area (Å²) < 4.78 is 0. The van der Waals surface area contributed by atoms with Gasteiger partial charge in [0.15, 0.2) is 0 Å². The molecule has 122 valence electrons. The molecule has 0 bridgehead atoms. The third kappa shape index (κ3) is 2.58. The summed E-state index contributed by atoms with van der Waals surface area (Å²) in [5.41, 5.74) is 5.84. The minimum Gasteiger partial charge on any atom is -0.481 e. The number of hydrogen-bond acceptors (Lipinski definition) is 2. The maximum absolute atomic E-state index is 12.4. The zero-order chi connectivity index (χ0) is 16.7. The number of carbonyl (C=O) groups excluding carboxylic acids is 1. The van der Waals surface area contributed by atoms with E-state index in [2.05, 4.69) is 23.5 Å². The molecule has 2 aliphatic carbocycles. The fourth-order valence-electron chi connectivity index (χ4n) is 3.91. The first-order valence-corrected chi connectivity index (χ1v) is 8.36. The molecule has 4 rings (SSSR count). The van der Waals surface area contributed by atoms with E-state index in [9.17, 15) is 9.59 Å². The maximum Gasteiger partial charge on any atom is 0.306 e. The van der Waals surface area contributed by atoms with Crippen LogP contribution in [0, 0.1) is 11.8 Å². The smallest absolute Gasteiger partial charge is 0.306 e. The van der Waals surface area contributed by atoms with Crippen LogP contribution in [-0.2, 0) is 16.0 Å². The van der Waals surface area contributed by atoms with Gasteiger partial charge in [-0.2, -0.15) is 0 Å². The van der Waals surface area contributed by atoms with Crippen molar-refractivity contribution >= 4 is 17.6 Å². The van der Waals surface area contributed by atoms with Crippen LogP contribution in [-0.4, -0.2) is 17.0 Å². The second kappa shape index (κ2) is 5.78. The monoisotopic (exact) mass is 321 g/mol. The molecule has 4 heteroatoms. The van der Waals surface area contributed by atoms with Crippen molar-refractivity contribution in [1.82, 2.24) is 0 Å². The first-order chi connectivity index (χ1) is 11.6. The summed E-state index contributed by atoms with van der Waals surface area (Å²) in [5.74, 6) is -1.43. The van der Waals surface area contributed by atoms with Gasteiger partial charge in [-0.25, -0.2) is 0 Å². The summed E-state index contributed by atoms with van der Waals surface area (Å²) in [4.78, 5) is 23.4. The summed E-state index contributed by atoms with van der Waals surface area (Å²) in [6.45, 7) is 0. The molecular weight excluding hydrogens is 302 g/mol. The van der Waals surface area contributed by atoms with Crippen LogP contribution in [0.4, 0.5) is 5.69 Å². The molecule has 1 fully saturated rings. The molecule has 2 aromatic carbocycles. The Balaban J connectivity index is 1.48. The predicted molar refractivity (Wildman–Crippen MR) is 91.8 cm³/mol. The van der Waals surface area contributed by atoms with Crippen molar-refractivity contribution in [3.63, 3.8) is 0 Å². The molecule has 1 saturated carbocycles. The number of hydrogen-bond donors (Lipinski definition) is 2. The first kappa shape index (κ1) is 14.9. The van der Waals surface area contributed by atoms with E-state index in [0.29, 0.717) is 19.3 Å². The van der Waals surface area contributed by atoms with Crippen molar-refractivity contribution in [2.45, 2.75) is 25.7 Å². The van der Waals surface area contributed by atoms with Gasteiger partial charge in [-0.3, -0.25) is 9.59 Å². The molecule has 0 radical (unpaired) electrons. The average Bonchev–Trinajstić information content (AvgIpc) is 3.19. The molecule has 0 unspecified atom stereocenters. The van der Waals surface area contributed by atoms with E-state index >= 15 is 0 Å². The number of anilines is 1. The van der Waals surface area contributed by atoms with E-state index in [4.69, 9.17) is 5.11 Å². The second-order valence-corrected chi connectivity index (χ2v) is 6.74. The quantitative estimate of drug-likeness (QED) is 0.773. The van der Waals surface area contributed by atoms with Crippen molar-refractivity contribution in [1.29, 1.82) is 0 Å². The van der Waals surface area contributed by atoms with E-state index in [1.165, 1.54) is 22.3 Å².